The van der Waals surface area contributed by atoms with Gasteiger partial charge in [0, 0.05) is 32.5 Å². The van der Waals surface area contributed by atoms with Crippen LogP contribution in [-0.2, 0) is 52.3 Å². The number of hydrogen-bond acceptors (Lipinski definition) is 13. The van der Waals surface area contributed by atoms with Gasteiger partial charge >= 0.3 is 23.9 Å². The Balaban J connectivity index is 1.42. The second-order valence-electron chi connectivity index (χ2n) is 12.4. The van der Waals surface area contributed by atoms with Crippen LogP contribution in [0.25, 0.3) is 0 Å². The molecule has 7 aliphatic rings. The quantitative estimate of drug-likeness (QED) is 0.190. The second kappa shape index (κ2) is 12.4. The SMILES string of the molecule is COC1C(=O)OC2C(O)CO/C=C/C3=C(CCC(=O)OCC2C=C(C)C24OC5CC(O)C2C(C=CC4C1OC)C5)C(=O)OC3=O. The van der Waals surface area contributed by atoms with Gasteiger partial charge in [-0.15, -0.1) is 0 Å². The number of esters is 4. The molecule has 13 nitrogen and oxygen atoms in total. The van der Waals surface area contributed by atoms with Crippen molar-refractivity contribution < 1.29 is 62.5 Å². The van der Waals surface area contributed by atoms with E-state index < -0.39 is 71.8 Å². The Morgan fingerprint density at radius 3 is 2.47 bits per heavy atom. The average Bonchev–Trinajstić information content (AvgIpc) is 3.28. The highest BCUT2D eigenvalue weighted by Crippen LogP contribution is 2.58. The second-order valence-corrected chi connectivity index (χ2v) is 12.4. The molecule has 0 radical (unpaired) electrons. The first-order valence-electron chi connectivity index (χ1n) is 15.2. The van der Waals surface area contributed by atoms with Crippen molar-refractivity contribution in [1.29, 1.82) is 0 Å². The highest BCUT2D eigenvalue weighted by atomic mass is 16.6. The number of aliphatic hydroxyl groups is 2. The molecule has 1 saturated carbocycles. The number of rotatable bonds is 2. The largest absolute Gasteiger partial charge is 0.498 e. The first-order chi connectivity index (χ1) is 21.6. The zero-order valence-electron chi connectivity index (χ0n) is 25.3. The summed E-state index contributed by atoms with van der Waals surface area (Å²) in [5.41, 5.74) is -0.438. The van der Waals surface area contributed by atoms with Gasteiger partial charge < -0.3 is 43.4 Å². The lowest BCUT2D eigenvalue weighted by atomic mass is 9.54. The van der Waals surface area contributed by atoms with Crippen LogP contribution >= 0.6 is 0 Å². The minimum Gasteiger partial charge on any atom is -0.498 e. The van der Waals surface area contributed by atoms with E-state index in [1.807, 2.05) is 13.0 Å². The summed E-state index contributed by atoms with van der Waals surface area (Å²) in [4.78, 5) is 51.1. The molecule has 13 heteroatoms. The topological polar surface area (TPSA) is 173 Å². The number of cyclic esters (lactones) is 3. The normalized spacial score (nSPS) is 42.6. The van der Waals surface area contributed by atoms with Gasteiger partial charge in [-0.3, -0.25) is 4.79 Å². The summed E-state index contributed by atoms with van der Waals surface area (Å²) in [5, 5.41) is 22.7. The van der Waals surface area contributed by atoms with Crippen LogP contribution in [0.3, 0.4) is 0 Å². The van der Waals surface area contributed by atoms with Gasteiger partial charge in [0.15, 0.2) is 6.10 Å². The van der Waals surface area contributed by atoms with E-state index >= 15 is 0 Å². The zero-order chi connectivity index (χ0) is 32.0. The Morgan fingerprint density at radius 2 is 1.73 bits per heavy atom. The predicted octanol–water partition coefficient (Wildman–Crippen LogP) is 0.823. The van der Waals surface area contributed by atoms with E-state index in [0.29, 0.717) is 12.0 Å². The maximum Gasteiger partial charge on any atom is 0.346 e. The number of aliphatic hydroxyl groups excluding tert-OH is 2. The molecule has 2 N–H and O–H groups in total. The lowest BCUT2D eigenvalue weighted by Gasteiger charge is -2.62. The molecule has 0 aromatic carbocycles. The third-order valence-electron chi connectivity index (χ3n) is 9.97. The minimum absolute atomic E-state index is 0.0158. The van der Waals surface area contributed by atoms with Gasteiger partial charge in [0.2, 0.25) is 0 Å². The molecule has 244 valence electrons. The molecule has 0 aromatic rings. The minimum atomic E-state index is -1.44. The van der Waals surface area contributed by atoms with Crippen LogP contribution in [0.15, 0.2) is 47.3 Å². The van der Waals surface area contributed by atoms with E-state index in [9.17, 15) is 29.4 Å². The number of carbonyl (C=O) groups excluding carboxylic acids is 4. The molecule has 7 rings (SSSR count). The van der Waals surface area contributed by atoms with Gasteiger partial charge in [-0.25, -0.2) is 14.4 Å². The number of hydrogen-bond donors (Lipinski definition) is 2. The maximum absolute atomic E-state index is 13.8. The van der Waals surface area contributed by atoms with Crippen molar-refractivity contribution in [1.82, 2.24) is 0 Å². The molecular weight excluding hydrogens is 592 g/mol. The van der Waals surface area contributed by atoms with Crippen molar-refractivity contribution in [3.8, 4) is 0 Å². The third-order valence-corrected chi connectivity index (χ3v) is 9.97. The van der Waals surface area contributed by atoms with Crippen LogP contribution in [0.5, 0.6) is 0 Å². The van der Waals surface area contributed by atoms with Crippen molar-refractivity contribution in [2.75, 3.05) is 27.4 Å². The number of fused-ring (bicyclic) bond motifs is 2. The molecule has 11 atom stereocenters. The Bertz CT molecular complexity index is 1360. The van der Waals surface area contributed by atoms with E-state index in [-0.39, 0.29) is 55.1 Å². The van der Waals surface area contributed by atoms with Crippen molar-refractivity contribution in [3.63, 3.8) is 0 Å². The molecule has 0 aromatic heterocycles. The fraction of sp³-hybridized carbons (Fsp3) is 0.625. The van der Waals surface area contributed by atoms with E-state index in [4.69, 9.17) is 28.4 Å². The highest BCUT2D eigenvalue weighted by molar-refractivity contribution is 6.14. The summed E-state index contributed by atoms with van der Waals surface area (Å²) >= 11 is 0. The maximum atomic E-state index is 13.8. The first kappa shape index (κ1) is 31.6. The molecule has 5 aliphatic heterocycles. The standard InChI is InChI=1S/C32H38O13/c1-15-10-17-13-42-24(35)7-5-19-20(30(37)44-29(19)36)8-9-41-14-23(34)26(17)43-31(38)28(40-3)27(39-2)21-6-4-16-11-18-12-22(33)25(16)32(15,21)45-18/h4,6,8-10,16-18,21-23,25-28,33-34H,5,7,11-14H2,1-3H3/b9-8+,15-10?. The summed E-state index contributed by atoms with van der Waals surface area (Å²) in [5.74, 6) is -4.98. The smallest absolute Gasteiger partial charge is 0.346 e. The molecule has 2 saturated heterocycles. The molecule has 2 aliphatic carbocycles. The molecule has 1 spiro atoms. The summed E-state index contributed by atoms with van der Waals surface area (Å²) in [6, 6.07) is 0. The van der Waals surface area contributed by atoms with Gasteiger partial charge in [-0.1, -0.05) is 18.2 Å². The monoisotopic (exact) mass is 630 g/mol. The predicted molar refractivity (Wildman–Crippen MR) is 151 cm³/mol. The van der Waals surface area contributed by atoms with Crippen LogP contribution in [0.4, 0.5) is 0 Å². The Labute approximate surface area is 259 Å². The Kier molecular flexibility index (Phi) is 8.74. The molecule has 45 heavy (non-hydrogen) atoms. The molecule has 5 heterocycles. The third kappa shape index (κ3) is 5.44. The van der Waals surface area contributed by atoms with Gasteiger partial charge in [0.1, 0.15) is 37.1 Å². The van der Waals surface area contributed by atoms with Gasteiger partial charge in [0.25, 0.3) is 0 Å². The lowest BCUT2D eigenvalue weighted by molar-refractivity contribution is -0.267. The van der Waals surface area contributed by atoms with E-state index in [2.05, 4.69) is 10.8 Å². The van der Waals surface area contributed by atoms with Crippen LogP contribution in [-0.4, -0.2) is 104 Å². The van der Waals surface area contributed by atoms with Crippen molar-refractivity contribution in [3.05, 3.63) is 47.3 Å². The van der Waals surface area contributed by atoms with Crippen molar-refractivity contribution in [2.45, 2.75) is 74.8 Å². The van der Waals surface area contributed by atoms with Crippen LogP contribution < -0.4 is 0 Å². The summed E-state index contributed by atoms with van der Waals surface area (Å²) in [6.45, 7) is 1.17. The Hall–Kier alpha value is -3.36. The van der Waals surface area contributed by atoms with Crippen LogP contribution in [0.2, 0.25) is 0 Å². The Morgan fingerprint density at radius 1 is 0.933 bits per heavy atom. The fourth-order valence-electron chi connectivity index (χ4n) is 8.04. The van der Waals surface area contributed by atoms with E-state index in [0.717, 1.165) is 12.7 Å². The van der Waals surface area contributed by atoms with Crippen LogP contribution in [0.1, 0.15) is 32.6 Å². The van der Waals surface area contributed by atoms with Crippen molar-refractivity contribution >= 4 is 23.9 Å². The van der Waals surface area contributed by atoms with E-state index in [1.165, 1.54) is 20.3 Å². The molecule has 3 fully saturated rings. The lowest BCUT2D eigenvalue weighted by Crippen LogP contribution is -2.69. The average molecular weight is 631 g/mol. The van der Waals surface area contributed by atoms with E-state index in [1.54, 1.807) is 6.08 Å². The van der Waals surface area contributed by atoms with Gasteiger partial charge in [-0.2, -0.15) is 0 Å². The number of allylic oxidation sites excluding steroid dienone is 1. The number of carbonyl (C=O) groups is 4. The van der Waals surface area contributed by atoms with Gasteiger partial charge in [0.05, 0.1) is 35.5 Å². The van der Waals surface area contributed by atoms with Crippen LogP contribution in [0, 0.1) is 23.7 Å². The summed E-state index contributed by atoms with van der Waals surface area (Å²) in [6.07, 6.45) is 3.27. The number of methoxy groups -OCH3 is 2. The molecule has 11 unspecified atom stereocenters. The fourth-order valence-corrected chi connectivity index (χ4v) is 8.04. The zero-order valence-corrected chi connectivity index (χ0v) is 25.3. The van der Waals surface area contributed by atoms with Crippen molar-refractivity contribution in [2.24, 2.45) is 23.7 Å². The molecular formula is C32H38O13. The van der Waals surface area contributed by atoms with Gasteiger partial charge in [-0.05, 0) is 43.8 Å². The molecule has 0 amide bonds. The summed E-state index contributed by atoms with van der Waals surface area (Å²) in [7, 11) is 2.82. The highest BCUT2D eigenvalue weighted by Gasteiger charge is 2.64. The summed E-state index contributed by atoms with van der Waals surface area (Å²) < 4.78 is 40.1. The number of ether oxygens (including phenoxy) is 7. The first-order valence-corrected chi connectivity index (χ1v) is 15.2. The molecule has 4 bridgehead atoms.